The van der Waals surface area contributed by atoms with Crippen LogP contribution in [0.1, 0.15) is 15.9 Å². The van der Waals surface area contributed by atoms with Gasteiger partial charge in [0.25, 0.3) is 0 Å². The summed E-state index contributed by atoms with van der Waals surface area (Å²) < 4.78 is 20.8. The Hall–Kier alpha value is -5.49. The number of nitrogens with zero attached hydrogens (tertiary/aromatic N) is 5. The van der Waals surface area contributed by atoms with E-state index in [1.807, 2.05) is 18.2 Å². The standard InChI is InChI=1S/C31H27FN8O3/c32-25-13-22(6-8-26(25)38-31(42)36-15-19-1-3-20(4-2-19)28(33)41)29-37-27-14-21(23-16-34-18-35-17-23)5-7-24(27)30(39-29)40-9-11-43-12-10-40/h1-8,13-14,16-18H,9-12,15H2,(H2,33,41)(H2,36,38,42). The quantitative estimate of drug-likeness (QED) is 0.261. The molecule has 1 saturated heterocycles. The summed E-state index contributed by atoms with van der Waals surface area (Å²) in [6.07, 6.45) is 4.94. The number of morpholine rings is 1. The second kappa shape index (κ2) is 12.2. The summed E-state index contributed by atoms with van der Waals surface area (Å²) in [5, 5.41) is 6.07. The number of ether oxygens (including phenoxy) is 1. The normalized spacial score (nSPS) is 13.1. The van der Waals surface area contributed by atoms with Crippen molar-refractivity contribution in [1.82, 2.24) is 25.3 Å². The molecule has 1 aliphatic rings. The third-order valence-electron chi connectivity index (χ3n) is 7.05. The molecule has 2 aromatic heterocycles. The molecule has 3 aromatic carbocycles. The Balaban J connectivity index is 1.25. The third-order valence-corrected chi connectivity index (χ3v) is 7.05. The summed E-state index contributed by atoms with van der Waals surface area (Å²) in [5.41, 5.74) is 9.28. The summed E-state index contributed by atoms with van der Waals surface area (Å²) in [6.45, 7) is 2.67. The number of benzene rings is 3. The number of rotatable bonds is 7. The molecule has 0 saturated carbocycles. The van der Waals surface area contributed by atoms with Gasteiger partial charge in [0.1, 0.15) is 18.0 Å². The maximum absolute atomic E-state index is 15.3. The van der Waals surface area contributed by atoms with E-state index in [4.69, 9.17) is 20.4 Å². The first-order valence-corrected chi connectivity index (χ1v) is 13.6. The molecule has 3 amide bonds. The number of halogens is 1. The van der Waals surface area contributed by atoms with Crippen LogP contribution in [0.3, 0.4) is 0 Å². The second-order valence-corrected chi connectivity index (χ2v) is 9.89. The van der Waals surface area contributed by atoms with Gasteiger partial charge in [0.05, 0.1) is 24.4 Å². The molecule has 6 rings (SSSR count). The Morgan fingerprint density at radius 2 is 1.65 bits per heavy atom. The van der Waals surface area contributed by atoms with Crippen molar-refractivity contribution in [1.29, 1.82) is 0 Å². The molecule has 0 atom stereocenters. The molecule has 43 heavy (non-hydrogen) atoms. The zero-order valence-corrected chi connectivity index (χ0v) is 23.0. The Morgan fingerprint density at radius 1 is 0.907 bits per heavy atom. The molecular weight excluding hydrogens is 551 g/mol. The minimum absolute atomic E-state index is 0.00545. The van der Waals surface area contributed by atoms with E-state index in [0.717, 1.165) is 27.9 Å². The van der Waals surface area contributed by atoms with Crippen molar-refractivity contribution in [2.45, 2.75) is 6.54 Å². The van der Waals surface area contributed by atoms with E-state index >= 15 is 4.39 Å². The molecule has 5 aromatic rings. The SMILES string of the molecule is NC(=O)c1ccc(CNC(=O)Nc2ccc(-c3nc(N4CCOCC4)c4ccc(-c5cncnc5)cc4n3)cc2F)cc1. The summed E-state index contributed by atoms with van der Waals surface area (Å²) in [6, 6.07) is 16.3. The number of amides is 3. The second-order valence-electron chi connectivity index (χ2n) is 9.89. The minimum atomic E-state index is -0.634. The van der Waals surface area contributed by atoms with Crippen LogP contribution < -0.4 is 21.3 Å². The maximum Gasteiger partial charge on any atom is 0.319 e. The van der Waals surface area contributed by atoms with Gasteiger partial charge in [-0.1, -0.05) is 18.2 Å². The number of anilines is 2. The number of carbonyl (C=O) groups excluding carboxylic acids is 2. The van der Waals surface area contributed by atoms with Gasteiger partial charge in [-0.15, -0.1) is 0 Å². The highest BCUT2D eigenvalue weighted by molar-refractivity contribution is 5.94. The third kappa shape index (κ3) is 6.23. The Bertz CT molecular complexity index is 1800. The minimum Gasteiger partial charge on any atom is -0.378 e. The average Bonchev–Trinajstić information content (AvgIpc) is 3.05. The monoisotopic (exact) mass is 578 g/mol. The lowest BCUT2D eigenvalue weighted by atomic mass is 10.1. The van der Waals surface area contributed by atoms with Crippen LogP contribution in [0.2, 0.25) is 0 Å². The smallest absolute Gasteiger partial charge is 0.319 e. The zero-order valence-electron chi connectivity index (χ0n) is 23.0. The van der Waals surface area contributed by atoms with Crippen LogP contribution in [0, 0.1) is 5.82 Å². The Kier molecular flexibility index (Phi) is 7.83. The fraction of sp³-hybridized carbons (Fsp3) is 0.161. The summed E-state index contributed by atoms with van der Waals surface area (Å²) in [5.74, 6) is -0.0744. The molecule has 1 fully saturated rings. The first-order chi connectivity index (χ1) is 20.9. The molecule has 4 N–H and O–H groups in total. The molecule has 0 bridgehead atoms. The molecule has 0 radical (unpaired) electrons. The van der Waals surface area contributed by atoms with E-state index in [2.05, 4.69) is 25.5 Å². The van der Waals surface area contributed by atoms with Crippen molar-refractivity contribution in [3.8, 4) is 22.5 Å². The number of primary amides is 1. The van der Waals surface area contributed by atoms with Gasteiger partial charge in [-0.2, -0.15) is 0 Å². The Morgan fingerprint density at radius 3 is 2.37 bits per heavy atom. The maximum atomic E-state index is 15.3. The molecule has 3 heterocycles. The molecule has 0 aliphatic carbocycles. The van der Waals surface area contributed by atoms with Crippen molar-refractivity contribution in [2.75, 3.05) is 36.5 Å². The first kappa shape index (κ1) is 27.7. The van der Waals surface area contributed by atoms with Crippen LogP contribution in [0.4, 0.5) is 20.7 Å². The highest BCUT2D eigenvalue weighted by Crippen LogP contribution is 2.32. The fourth-order valence-corrected chi connectivity index (χ4v) is 4.78. The molecule has 11 nitrogen and oxygen atoms in total. The van der Waals surface area contributed by atoms with Crippen LogP contribution in [0.5, 0.6) is 0 Å². The number of fused-ring (bicyclic) bond motifs is 1. The highest BCUT2D eigenvalue weighted by Gasteiger charge is 2.19. The topological polar surface area (TPSA) is 148 Å². The molecule has 1 aliphatic heterocycles. The van der Waals surface area contributed by atoms with E-state index in [1.54, 1.807) is 42.7 Å². The molecule has 216 valence electrons. The van der Waals surface area contributed by atoms with Gasteiger partial charge in [0.15, 0.2) is 5.82 Å². The van der Waals surface area contributed by atoms with Gasteiger partial charge in [-0.3, -0.25) is 4.79 Å². The molecule has 0 unspecified atom stereocenters. The van der Waals surface area contributed by atoms with Gasteiger partial charge in [0.2, 0.25) is 5.91 Å². The molecular formula is C31H27FN8O3. The van der Waals surface area contributed by atoms with Crippen molar-refractivity contribution in [3.63, 3.8) is 0 Å². The van der Waals surface area contributed by atoms with Gasteiger partial charge < -0.3 is 26.0 Å². The van der Waals surface area contributed by atoms with Gasteiger partial charge in [0, 0.05) is 54.1 Å². The summed E-state index contributed by atoms with van der Waals surface area (Å²) in [7, 11) is 0. The van der Waals surface area contributed by atoms with Crippen LogP contribution >= 0.6 is 0 Å². The number of carbonyl (C=O) groups is 2. The van der Waals surface area contributed by atoms with Crippen molar-refractivity contribution in [3.05, 3.63) is 96.3 Å². The predicted molar refractivity (Wildman–Crippen MR) is 160 cm³/mol. The van der Waals surface area contributed by atoms with Crippen molar-refractivity contribution >= 4 is 34.3 Å². The van der Waals surface area contributed by atoms with Crippen LogP contribution in [0.15, 0.2) is 79.4 Å². The number of hydrogen-bond acceptors (Lipinski definition) is 8. The van der Waals surface area contributed by atoms with Gasteiger partial charge >= 0.3 is 6.03 Å². The lowest BCUT2D eigenvalue weighted by molar-refractivity contribution is 0.1000. The number of urea groups is 1. The van der Waals surface area contributed by atoms with E-state index in [9.17, 15) is 9.59 Å². The van der Waals surface area contributed by atoms with Crippen LogP contribution in [0.25, 0.3) is 33.4 Å². The van der Waals surface area contributed by atoms with Crippen molar-refractivity contribution < 1.29 is 18.7 Å². The first-order valence-electron chi connectivity index (χ1n) is 13.6. The lowest BCUT2D eigenvalue weighted by Crippen LogP contribution is -2.37. The number of aromatic nitrogens is 4. The molecule has 12 heteroatoms. The largest absolute Gasteiger partial charge is 0.378 e. The van der Waals surface area contributed by atoms with Gasteiger partial charge in [-0.25, -0.2) is 29.1 Å². The zero-order chi connectivity index (χ0) is 29.8. The highest BCUT2D eigenvalue weighted by atomic mass is 19.1. The van der Waals surface area contributed by atoms with E-state index < -0.39 is 17.8 Å². The predicted octanol–water partition coefficient (Wildman–Crippen LogP) is 4.15. The fourth-order valence-electron chi connectivity index (χ4n) is 4.78. The van der Waals surface area contributed by atoms with Crippen molar-refractivity contribution in [2.24, 2.45) is 5.73 Å². The average molecular weight is 579 g/mol. The molecule has 0 spiro atoms. The van der Waals surface area contributed by atoms with E-state index in [0.29, 0.717) is 48.8 Å². The van der Waals surface area contributed by atoms with Gasteiger partial charge in [-0.05, 0) is 53.6 Å². The number of hydrogen-bond donors (Lipinski definition) is 3. The number of nitrogens with one attached hydrogen (secondary N) is 2. The van der Waals surface area contributed by atoms with Crippen LogP contribution in [-0.2, 0) is 11.3 Å². The Labute approximate surface area is 246 Å². The number of nitrogens with two attached hydrogens (primary N) is 1. The lowest BCUT2D eigenvalue weighted by Gasteiger charge is -2.29. The van der Waals surface area contributed by atoms with E-state index in [-0.39, 0.29) is 12.2 Å². The summed E-state index contributed by atoms with van der Waals surface area (Å²) >= 11 is 0. The van der Waals surface area contributed by atoms with E-state index in [1.165, 1.54) is 18.5 Å². The summed E-state index contributed by atoms with van der Waals surface area (Å²) in [4.78, 5) is 43.7. The van der Waals surface area contributed by atoms with Crippen LogP contribution in [-0.4, -0.2) is 58.2 Å².